The Morgan fingerprint density at radius 1 is 0.893 bits per heavy atom. The number of halogens is 4. The van der Waals surface area contributed by atoms with Gasteiger partial charge in [0.05, 0.1) is 15.6 Å². The van der Waals surface area contributed by atoms with Gasteiger partial charge in [-0.3, -0.25) is 4.79 Å². The van der Waals surface area contributed by atoms with Crippen molar-refractivity contribution in [3.63, 3.8) is 0 Å². The van der Waals surface area contributed by atoms with E-state index in [9.17, 15) is 4.79 Å². The molecular formula is C20H10Cl4N2O2. The molecule has 28 heavy (non-hydrogen) atoms. The molecule has 4 aromatic rings. The minimum absolute atomic E-state index is 0.270. The van der Waals surface area contributed by atoms with E-state index in [0.717, 1.165) is 0 Å². The number of aromatic nitrogens is 1. The average molecular weight is 452 g/mol. The number of carbonyl (C=O) groups excluding carboxylic acids is 1. The summed E-state index contributed by atoms with van der Waals surface area (Å²) in [5.41, 5.74) is 2.54. The van der Waals surface area contributed by atoms with Gasteiger partial charge >= 0.3 is 0 Å². The summed E-state index contributed by atoms with van der Waals surface area (Å²) in [4.78, 5) is 16.9. The van der Waals surface area contributed by atoms with Crippen molar-refractivity contribution in [2.75, 3.05) is 5.32 Å². The van der Waals surface area contributed by atoms with E-state index in [0.29, 0.717) is 48.9 Å². The molecule has 0 aliphatic rings. The molecule has 0 spiro atoms. The zero-order valence-corrected chi connectivity index (χ0v) is 17.0. The Bertz CT molecular complexity index is 1220. The zero-order chi connectivity index (χ0) is 19.8. The van der Waals surface area contributed by atoms with Gasteiger partial charge in [-0.2, -0.15) is 0 Å². The molecule has 1 amide bonds. The first-order valence-corrected chi connectivity index (χ1v) is 9.54. The quantitative estimate of drug-likeness (QED) is 0.354. The van der Waals surface area contributed by atoms with E-state index >= 15 is 0 Å². The highest BCUT2D eigenvalue weighted by atomic mass is 35.5. The Labute approximate surface area is 180 Å². The lowest BCUT2D eigenvalue weighted by Gasteiger charge is -2.08. The number of nitrogens with one attached hydrogen (secondary N) is 1. The van der Waals surface area contributed by atoms with Crippen molar-refractivity contribution < 1.29 is 9.21 Å². The molecule has 0 aliphatic carbocycles. The molecule has 3 aromatic carbocycles. The molecular weight excluding hydrogens is 442 g/mol. The van der Waals surface area contributed by atoms with Crippen molar-refractivity contribution in [2.24, 2.45) is 0 Å². The van der Waals surface area contributed by atoms with Gasteiger partial charge in [0.2, 0.25) is 5.89 Å². The fourth-order valence-corrected chi connectivity index (χ4v) is 3.70. The third-order valence-corrected chi connectivity index (χ3v) is 5.00. The molecule has 0 atom stereocenters. The molecule has 4 rings (SSSR count). The van der Waals surface area contributed by atoms with Crippen LogP contribution in [-0.2, 0) is 0 Å². The molecule has 0 bridgehead atoms. The molecule has 0 radical (unpaired) electrons. The minimum atomic E-state index is -0.355. The summed E-state index contributed by atoms with van der Waals surface area (Å²) in [6.07, 6.45) is 0. The van der Waals surface area contributed by atoms with Crippen molar-refractivity contribution in [1.82, 2.24) is 4.98 Å². The molecule has 4 nitrogen and oxygen atoms in total. The van der Waals surface area contributed by atoms with Crippen LogP contribution in [0.4, 0.5) is 5.69 Å². The summed E-state index contributed by atoms with van der Waals surface area (Å²) in [6.45, 7) is 0. The summed E-state index contributed by atoms with van der Waals surface area (Å²) in [7, 11) is 0. The fourth-order valence-electron chi connectivity index (χ4n) is 2.69. The molecule has 1 aromatic heterocycles. The topological polar surface area (TPSA) is 55.1 Å². The Balaban J connectivity index is 1.65. The zero-order valence-electron chi connectivity index (χ0n) is 14.0. The number of benzene rings is 3. The lowest BCUT2D eigenvalue weighted by molar-refractivity contribution is 0.102. The highest BCUT2D eigenvalue weighted by Gasteiger charge is 2.14. The number of carbonyl (C=O) groups is 1. The Morgan fingerprint density at radius 3 is 2.46 bits per heavy atom. The van der Waals surface area contributed by atoms with E-state index in [-0.39, 0.29) is 10.9 Å². The van der Waals surface area contributed by atoms with Crippen molar-refractivity contribution in [2.45, 2.75) is 0 Å². The van der Waals surface area contributed by atoms with E-state index in [1.165, 1.54) is 6.07 Å². The number of amides is 1. The highest BCUT2D eigenvalue weighted by molar-refractivity contribution is 6.38. The van der Waals surface area contributed by atoms with E-state index in [1.807, 2.05) is 6.07 Å². The second kappa shape index (κ2) is 7.64. The third-order valence-electron chi connectivity index (χ3n) is 3.95. The van der Waals surface area contributed by atoms with Gasteiger partial charge in [0.25, 0.3) is 5.91 Å². The third kappa shape index (κ3) is 3.82. The Morgan fingerprint density at radius 2 is 1.68 bits per heavy atom. The number of fused-ring (bicyclic) bond motifs is 1. The standard InChI is InChI=1S/C20H10Cl4N2O2/c21-11-4-5-14(15(23)7-11)19(27)25-13-3-1-2-10(6-13)20-26-17-9-12(22)8-16(24)18(17)28-20/h1-9H,(H,25,27). The van der Waals surface area contributed by atoms with Gasteiger partial charge in [0, 0.05) is 21.3 Å². The normalized spacial score (nSPS) is 11.0. The summed E-state index contributed by atoms with van der Waals surface area (Å²) >= 11 is 24.1. The lowest BCUT2D eigenvalue weighted by atomic mass is 10.1. The molecule has 0 aliphatic heterocycles. The van der Waals surface area contributed by atoms with Gasteiger partial charge in [-0.1, -0.05) is 52.5 Å². The SMILES string of the molecule is O=C(Nc1cccc(-c2nc3cc(Cl)cc(Cl)c3o2)c1)c1ccc(Cl)cc1Cl. The number of oxazole rings is 1. The molecule has 0 saturated heterocycles. The minimum Gasteiger partial charge on any atom is -0.435 e. The van der Waals surface area contributed by atoms with Crippen LogP contribution in [0.5, 0.6) is 0 Å². The molecule has 0 saturated carbocycles. The van der Waals surface area contributed by atoms with Crippen LogP contribution in [0, 0.1) is 0 Å². The van der Waals surface area contributed by atoms with E-state index in [1.54, 1.807) is 42.5 Å². The second-order valence-corrected chi connectivity index (χ2v) is 7.60. The van der Waals surface area contributed by atoms with Crippen LogP contribution >= 0.6 is 46.4 Å². The number of hydrogen-bond acceptors (Lipinski definition) is 3. The van der Waals surface area contributed by atoms with Crippen LogP contribution in [-0.4, -0.2) is 10.9 Å². The van der Waals surface area contributed by atoms with Crippen LogP contribution in [0.25, 0.3) is 22.6 Å². The second-order valence-electron chi connectivity index (χ2n) is 5.91. The smallest absolute Gasteiger partial charge is 0.257 e. The summed E-state index contributed by atoms with van der Waals surface area (Å²) in [5.74, 6) is 0.00555. The lowest BCUT2D eigenvalue weighted by Crippen LogP contribution is -2.12. The maximum atomic E-state index is 12.5. The van der Waals surface area contributed by atoms with Gasteiger partial charge in [-0.15, -0.1) is 0 Å². The van der Waals surface area contributed by atoms with E-state index in [4.69, 9.17) is 50.8 Å². The molecule has 0 fully saturated rings. The van der Waals surface area contributed by atoms with Crippen LogP contribution in [0.2, 0.25) is 20.1 Å². The predicted molar refractivity (Wildman–Crippen MR) is 114 cm³/mol. The van der Waals surface area contributed by atoms with E-state index < -0.39 is 0 Å². The van der Waals surface area contributed by atoms with Crippen LogP contribution < -0.4 is 5.32 Å². The van der Waals surface area contributed by atoms with Crippen molar-refractivity contribution in [1.29, 1.82) is 0 Å². The van der Waals surface area contributed by atoms with Gasteiger partial charge < -0.3 is 9.73 Å². The predicted octanol–water partition coefficient (Wildman–Crippen LogP) is 7.36. The number of rotatable bonds is 3. The van der Waals surface area contributed by atoms with E-state index in [2.05, 4.69) is 10.3 Å². The van der Waals surface area contributed by atoms with Gasteiger partial charge in [0.15, 0.2) is 5.58 Å². The van der Waals surface area contributed by atoms with Crippen molar-refractivity contribution in [3.8, 4) is 11.5 Å². The Kier molecular flexibility index (Phi) is 5.21. The maximum Gasteiger partial charge on any atom is 0.257 e. The molecule has 0 unspecified atom stereocenters. The molecule has 1 N–H and O–H groups in total. The number of hydrogen-bond donors (Lipinski definition) is 1. The number of anilines is 1. The van der Waals surface area contributed by atoms with Gasteiger partial charge in [0.1, 0.15) is 5.52 Å². The molecule has 140 valence electrons. The maximum absolute atomic E-state index is 12.5. The van der Waals surface area contributed by atoms with Crippen LogP contribution in [0.15, 0.2) is 59.0 Å². The first kappa shape index (κ1) is 19.1. The monoisotopic (exact) mass is 450 g/mol. The Hall–Kier alpha value is -2.24. The number of nitrogens with zero attached hydrogens (tertiary/aromatic N) is 1. The van der Waals surface area contributed by atoms with Crippen molar-refractivity contribution >= 4 is 69.1 Å². The fraction of sp³-hybridized carbons (Fsp3) is 0. The summed E-state index contributed by atoms with van der Waals surface area (Å²) in [6, 6.07) is 15.0. The largest absolute Gasteiger partial charge is 0.435 e. The molecule has 1 heterocycles. The van der Waals surface area contributed by atoms with Crippen LogP contribution in [0.3, 0.4) is 0 Å². The summed E-state index contributed by atoms with van der Waals surface area (Å²) in [5, 5.41) is 4.38. The van der Waals surface area contributed by atoms with Gasteiger partial charge in [-0.05, 0) is 48.5 Å². The molecule has 8 heteroatoms. The van der Waals surface area contributed by atoms with Gasteiger partial charge in [-0.25, -0.2) is 4.98 Å². The highest BCUT2D eigenvalue weighted by Crippen LogP contribution is 2.32. The first-order valence-electron chi connectivity index (χ1n) is 8.03. The summed E-state index contributed by atoms with van der Waals surface area (Å²) < 4.78 is 5.77. The average Bonchev–Trinajstić information content (AvgIpc) is 3.06. The van der Waals surface area contributed by atoms with Crippen LogP contribution in [0.1, 0.15) is 10.4 Å². The first-order chi connectivity index (χ1) is 13.4. The van der Waals surface area contributed by atoms with Crippen molar-refractivity contribution in [3.05, 3.63) is 80.3 Å².